The third kappa shape index (κ3) is 2.48. The average molecular weight is 205 g/mol. The number of nitrogens with zero attached hydrogens (tertiary/aromatic N) is 2. The Balaban J connectivity index is 2.24. The number of anilines is 1. The predicted octanol–water partition coefficient (Wildman–Crippen LogP) is 1.63. The molecule has 1 fully saturated rings. The van der Waals surface area contributed by atoms with Crippen LogP contribution in [0.3, 0.4) is 0 Å². The van der Waals surface area contributed by atoms with E-state index in [2.05, 4.69) is 28.9 Å². The lowest BCUT2D eigenvalue weighted by Crippen LogP contribution is -2.32. The van der Waals surface area contributed by atoms with E-state index in [9.17, 15) is 0 Å². The van der Waals surface area contributed by atoms with Crippen LogP contribution in [0.2, 0.25) is 0 Å². The monoisotopic (exact) mass is 205 g/mol. The standard InChI is InChI=1S/C12H19N3/c1-9-7-10(2)14-12(8-9)15(6-5-13)11-3-4-11/h7-8,11H,3-6,13H2,1-2H3. The maximum Gasteiger partial charge on any atom is 0.129 e. The molecule has 0 bridgehead atoms. The summed E-state index contributed by atoms with van der Waals surface area (Å²) in [7, 11) is 0. The lowest BCUT2D eigenvalue weighted by atomic mass is 10.2. The van der Waals surface area contributed by atoms with E-state index < -0.39 is 0 Å². The molecule has 2 N–H and O–H groups in total. The summed E-state index contributed by atoms with van der Waals surface area (Å²) in [6.45, 7) is 5.78. The van der Waals surface area contributed by atoms with E-state index in [1.54, 1.807) is 0 Å². The van der Waals surface area contributed by atoms with Gasteiger partial charge in [0.15, 0.2) is 0 Å². The Morgan fingerprint density at radius 2 is 2.13 bits per heavy atom. The van der Waals surface area contributed by atoms with Gasteiger partial charge in [-0.1, -0.05) is 0 Å². The Bertz CT molecular complexity index is 324. The van der Waals surface area contributed by atoms with Crippen molar-refractivity contribution in [3.8, 4) is 0 Å². The molecule has 15 heavy (non-hydrogen) atoms. The van der Waals surface area contributed by atoms with Crippen molar-refractivity contribution in [2.24, 2.45) is 5.73 Å². The average Bonchev–Trinajstić information content (AvgIpc) is 2.95. The van der Waals surface area contributed by atoms with Gasteiger partial charge in [-0.05, 0) is 44.4 Å². The van der Waals surface area contributed by atoms with Crippen LogP contribution in [0, 0.1) is 13.8 Å². The second-order valence-corrected chi connectivity index (χ2v) is 4.36. The maximum atomic E-state index is 5.64. The van der Waals surface area contributed by atoms with Gasteiger partial charge in [0.25, 0.3) is 0 Å². The number of hydrogen-bond donors (Lipinski definition) is 1. The number of hydrogen-bond acceptors (Lipinski definition) is 3. The molecule has 0 spiro atoms. The molecule has 3 nitrogen and oxygen atoms in total. The summed E-state index contributed by atoms with van der Waals surface area (Å²) in [4.78, 5) is 6.93. The van der Waals surface area contributed by atoms with E-state index in [1.165, 1.54) is 18.4 Å². The number of nitrogens with two attached hydrogens (primary N) is 1. The van der Waals surface area contributed by atoms with Crippen molar-refractivity contribution >= 4 is 5.82 Å². The quantitative estimate of drug-likeness (QED) is 0.812. The van der Waals surface area contributed by atoms with E-state index in [0.717, 1.165) is 18.1 Å². The zero-order chi connectivity index (χ0) is 10.8. The summed E-state index contributed by atoms with van der Waals surface area (Å²) in [5.41, 5.74) is 8.01. The highest BCUT2D eigenvalue weighted by atomic mass is 15.2. The van der Waals surface area contributed by atoms with Crippen LogP contribution >= 0.6 is 0 Å². The summed E-state index contributed by atoms with van der Waals surface area (Å²) in [5, 5.41) is 0. The van der Waals surface area contributed by atoms with Gasteiger partial charge in [-0.3, -0.25) is 0 Å². The third-order valence-electron chi connectivity index (χ3n) is 2.74. The van der Waals surface area contributed by atoms with Gasteiger partial charge in [-0.25, -0.2) is 4.98 Å². The van der Waals surface area contributed by atoms with Crippen LogP contribution in [0.4, 0.5) is 5.82 Å². The Hall–Kier alpha value is -1.09. The fourth-order valence-electron chi connectivity index (χ4n) is 1.98. The first kappa shape index (κ1) is 10.4. The zero-order valence-corrected chi connectivity index (χ0v) is 9.53. The maximum absolute atomic E-state index is 5.64. The van der Waals surface area contributed by atoms with Gasteiger partial charge < -0.3 is 10.6 Å². The minimum Gasteiger partial charge on any atom is -0.352 e. The Morgan fingerprint density at radius 3 is 2.67 bits per heavy atom. The molecule has 1 heterocycles. The molecule has 0 saturated heterocycles. The highest BCUT2D eigenvalue weighted by molar-refractivity contribution is 5.44. The Labute approximate surface area is 91.3 Å². The second kappa shape index (κ2) is 4.19. The van der Waals surface area contributed by atoms with Crippen LogP contribution in [0.25, 0.3) is 0 Å². The van der Waals surface area contributed by atoms with E-state index in [0.29, 0.717) is 12.6 Å². The molecule has 3 heteroatoms. The number of aryl methyl sites for hydroxylation is 2. The predicted molar refractivity (Wildman–Crippen MR) is 63.1 cm³/mol. The lowest BCUT2D eigenvalue weighted by molar-refractivity contribution is 0.768. The fourth-order valence-corrected chi connectivity index (χ4v) is 1.98. The molecule has 1 aliphatic carbocycles. The molecule has 1 aliphatic rings. The topological polar surface area (TPSA) is 42.2 Å². The van der Waals surface area contributed by atoms with Gasteiger partial charge in [0.1, 0.15) is 5.82 Å². The van der Waals surface area contributed by atoms with Gasteiger partial charge in [-0.2, -0.15) is 0 Å². The van der Waals surface area contributed by atoms with Crippen molar-refractivity contribution in [2.45, 2.75) is 32.7 Å². The number of aromatic nitrogens is 1. The molecule has 82 valence electrons. The van der Waals surface area contributed by atoms with Crippen molar-refractivity contribution in [2.75, 3.05) is 18.0 Å². The van der Waals surface area contributed by atoms with Gasteiger partial charge in [0.2, 0.25) is 0 Å². The molecule has 1 saturated carbocycles. The fraction of sp³-hybridized carbons (Fsp3) is 0.583. The largest absolute Gasteiger partial charge is 0.352 e. The number of rotatable bonds is 4. The summed E-state index contributed by atoms with van der Waals surface area (Å²) >= 11 is 0. The van der Waals surface area contributed by atoms with Gasteiger partial charge in [-0.15, -0.1) is 0 Å². The summed E-state index contributed by atoms with van der Waals surface area (Å²) < 4.78 is 0. The minimum absolute atomic E-state index is 0.683. The molecule has 0 amide bonds. The van der Waals surface area contributed by atoms with Crippen molar-refractivity contribution in [3.05, 3.63) is 23.4 Å². The SMILES string of the molecule is Cc1cc(C)nc(N(CCN)C2CC2)c1. The molecule has 0 aliphatic heterocycles. The molecule has 0 radical (unpaired) electrons. The molecule has 1 aromatic rings. The van der Waals surface area contributed by atoms with Crippen LogP contribution in [-0.4, -0.2) is 24.1 Å². The van der Waals surface area contributed by atoms with Crippen molar-refractivity contribution in [1.29, 1.82) is 0 Å². The first-order valence-electron chi connectivity index (χ1n) is 5.62. The van der Waals surface area contributed by atoms with E-state index in [-0.39, 0.29) is 0 Å². The molecule has 1 aromatic heterocycles. The molecule has 0 aromatic carbocycles. The van der Waals surface area contributed by atoms with Crippen molar-refractivity contribution in [1.82, 2.24) is 4.98 Å². The van der Waals surface area contributed by atoms with E-state index >= 15 is 0 Å². The molecule has 0 unspecified atom stereocenters. The first-order chi connectivity index (χ1) is 7.20. The van der Waals surface area contributed by atoms with Gasteiger partial charge in [0, 0.05) is 24.8 Å². The van der Waals surface area contributed by atoms with Crippen LogP contribution in [0.15, 0.2) is 12.1 Å². The Morgan fingerprint density at radius 1 is 1.40 bits per heavy atom. The lowest BCUT2D eigenvalue weighted by Gasteiger charge is -2.23. The summed E-state index contributed by atoms with van der Waals surface area (Å²) in [5.74, 6) is 1.10. The third-order valence-corrected chi connectivity index (χ3v) is 2.74. The summed E-state index contributed by atoms with van der Waals surface area (Å²) in [6.07, 6.45) is 2.57. The zero-order valence-electron chi connectivity index (χ0n) is 9.53. The van der Waals surface area contributed by atoms with Crippen LogP contribution in [-0.2, 0) is 0 Å². The van der Waals surface area contributed by atoms with Crippen LogP contribution in [0.1, 0.15) is 24.1 Å². The smallest absolute Gasteiger partial charge is 0.129 e. The van der Waals surface area contributed by atoms with Crippen LogP contribution in [0.5, 0.6) is 0 Å². The first-order valence-corrected chi connectivity index (χ1v) is 5.62. The minimum atomic E-state index is 0.683. The van der Waals surface area contributed by atoms with Crippen LogP contribution < -0.4 is 10.6 Å². The molecular weight excluding hydrogens is 186 g/mol. The molecular formula is C12H19N3. The van der Waals surface area contributed by atoms with Crippen molar-refractivity contribution < 1.29 is 0 Å². The molecule has 2 rings (SSSR count). The van der Waals surface area contributed by atoms with Gasteiger partial charge >= 0.3 is 0 Å². The highest BCUT2D eigenvalue weighted by Crippen LogP contribution is 2.30. The Kier molecular flexibility index (Phi) is 2.91. The van der Waals surface area contributed by atoms with E-state index in [1.807, 2.05) is 6.92 Å². The summed E-state index contributed by atoms with van der Waals surface area (Å²) in [6, 6.07) is 4.94. The normalized spacial score (nSPS) is 15.4. The van der Waals surface area contributed by atoms with Gasteiger partial charge in [0.05, 0.1) is 0 Å². The molecule has 0 atom stereocenters. The van der Waals surface area contributed by atoms with Crippen molar-refractivity contribution in [3.63, 3.8) is 0 Å². The second-order valence-electron chi connectivity index (χ2n) is 4.36. The van der Waals surface area contributed by atoms with E-state index in [4.69, 9.17) is 5.73 Å². The number of pyridine rings is 1. The highest BCUT2D eigenvalue weighted by Gasteiger charge is 2.29.